The maximum Gasteiger partial charge on any atom is 0.191 e. The first-order chi connectivity index (χ1) is 10.1. The fourth-order valence-electron chi connectivity index (χ4n) is 2.05. The topological polar surface area (TPSA) is 53.5 Å². The third-order valence-electron chi connectivity index (χ3n) is 3.68. The van der Waals surface area contributed by atoms with Crippen LogP contribution in [0, 0.1) is 5.41 Å². The molecule has 2 N–H and O–H groups in total. The number of hydrogen-bond donors (Lipinski definition) is 2. The van der Waals surface area contributed by atoms with Gasteiger partial charge >= 0.3 is 0 Å². The molecule has 1 atom stereocenters. The summed E-state index contributed by atoms with van der Waals surface area (Å²) in [5.41, 5.74) is 0.265. The highest BCUT2D eigenvalue weighted by Gasteiger charge is 2.19. The highest BCUT2D eigenvalue weighted by atomic mass is 127. The molecule has 0 aromatic carbocycles. The van der Waals surface area contributed by atoms with Gasteiger partial charge in [0, 0.05) is 41.4 Å². The molecule has 0 aliphatic carbocycles. The zero-order valence-corrected chi connectivity index (χ0v) is 19.3. The quantitative estimate of drug-likeness (QED) is 0.238. The molecule has 0 rings (SSSR count). The predicted molar refractivity (Wildman–Crippen MR) is 115 cm³/mol. The van der Waals surface area contributed by atoms with E-state index < -0.39 is 10.8 Å². The number of nitrogens with zero attached hydrogens (tertiary/aromatic N) is 1. The summed E-state index contributed by atoms with van der Waals surface area (Å²) >= 11 is 0. The molecule has 1 unspecified atom stereocenters. The summed E-state index contributed by atoms with van der Waals surface area (Å²) in [5, 5.41) is 6.65. The van der Waals surface area contributed by atoms with Crippen LogP contribution in [0.25, 0.3) is 0 Å². The molecule has 0 bridgehead atoms. The molecule has 0 heterocycles. The minimum atomic E-state index is -0.827. The third kappa shape index (κ3) is 13.2. The van der Waals surface area contributed by atoms with Crippen LogP contribution in [-0.4, -0.2) is 40.8 Å². The van der Waals surface area contributed by atoms with E-state index in [-0.39, 0.29) is 34.1 Å². The van der Waals surface area contributed by atoms with E-state index in [0.717, 1.165) is 12.5 Å². The van der Waals surface area contributed by atoms with Gasteiger partial charge in [-0.25, -0.2) is 0 Å². The van der Waals surface area contributed by atoms with Gasteiger partial charge in [-0.15, -0.1) is 24.0 Å². The molecule has 0 aromatic heterocycles. The number of guanidine groups is 1. The van der Waals surface area contributed by atoms with Crippen molar-refractivity contribution in [2.75, 3.05) is 25.9 Å². The van der Waals surface area contributed by atoms with E-state index in [9.17, 15) is 4.21 Å². The standard InChI is InChI=1S/C17H37N3OS.HI/c1-8-9-10-11-17(5,6)14-20-15(18-7)19-12-13-22(21)16(2,3)4;/h8-14H2,1-7H3,(H2,18,19,20);1H. The van der Waals surface area contributed by atoms with Crippen LogP contribution in [0.2, 0.25) is 0 Å². The van der Waals surface area contributed by atoms with Crippen molar-refractivity contribution in [2.24, 2.45) is 10.4 Å². The van der Waals surface area contributed by atoms with Crippen molar-refractivity contribution >= 4 is 40.7 Å². The van der Waals surface area contributed by atoms with E-state index >= 15 is 0 Å². The van der Waals surface area contributed by atoms with Crippen molar-refractivity contribution in [1.29, 1.82) is 0 Å². The van der Waals surface area contributed by atoms with Gasteiger partial charge in [0.15, 0.2) is 5.96 Å². The molecule has 0 aromatic rings. The van der Waals surface area contributed by atoms with E-state index in [1.807, 2.05) is 20.8 Å². The molecule has 140 valence electrons. The smallest absolute Gasteiger partial charge is 0.191 e. The van der Waals surface area contributed by atoms with Crippen LogP contribution in [0.15, 0.2) is 4.99 Å². The second-order valence-electron chi connectivity index (χ2n) is 7.64. The Hall–Kier alpha value is 0.150. The summed E-state index contributed by atoms with van der Waals surface area (Å²) in [5.74, 6) is 1.44. The largest absolute Gasteiger partial charge is 0.356 e. The average Bonchev–Trinajstić information content (AvgIpc) is 2.41. The Bertz CT molecular complexity index is 365. The fraction of sp³-hybridized carbons (Fsp3) is 0.941. The summed E-state index contributed by atoms with van der Waals surface area (Å²) in [7, 11) is 0.950. The van der Waals surface area contributed by atoms with Crippen molar-refractivity contribution in [2.45, 2.75) is 72.0 Å². The van der Waals surface area contributed by atoms with Crippen molar-refractivity contribution in [3.8, 4) is 0 Å². The second-order valence-corrected chi connectivity index (χ2v) is 9.96. The van der Waals surface area contributed by atoms with Crippen LogP contribution in [0.4, 0.5) is 0 Å². The zero-order valence-electron chi connectivity index (χ0n) is 16.1. The molecule has 0 spiro atoms. The summed E-state index contributed by atoms with van der Waals surface area (Å²) in [6, 6.07) is 0. The van der Waals surface area contributed by atoms with Crippen LogP contribution in [0.1, 0.15) is 67.2 Å². The van der Waals surface area contributed by atoms with E-state index in [4.69, 9.17) is 0 Å². The fourth-order valence-corrected chi connectivity index (χ4v) is 2.95. The maximum atomic E-state index is 12.0. The molecule has 0 amide bonds. The first kappa shape index (κ1) is 25.4. The first-order valence-electron chi connectivity index (χ1n) is 8.45. The van der Waals surface area contributed by atoms with E-state index in [1.54, 1.807) is 7.05 Å². The van der Waals surface area contributed by atoms with Gasteiger partial charge in [-0.1, -0.05) is 40.0 Å². The Labute approximate surface area is 163 Å². The molecule has 0 saturated carbocycles. The number of unbranched alkanes of at least 4 members (excludes halogenated alkanes) is 2. The Morgan fingerprint density at radius 2 is 1.70 bits per heavy atom. The van der Waals surface area contributed by atoms with Gasteiger partial charge in [0.25, 0.3) is 0 Å². The minimum Gasteiger partial charge on any atom is -0.356 e. The van der Waals surface area contributed by atoms with Crippen LogP contribution in [0.5, 0.6) is 0 Å². The second kappa shape index (κ2) is 12.5. The lowest BCUT2D eigenvalue weighted by molar-refractivity contribution is 0.318. The van der Waals surface area contributed by atoms with Gasteiger partial charge in [-0.3, -0.25) is 9.20 Å². The Kier molecular flexibility index (Phi) is 13.8. The molecule has 6 heteroatoms. The van der Waals surface area contributed by atoms with E-state index in [2.05, 4.69) is 36.4 Å². The SMILES string of the molecule is CCCCCC(C)(C)CNC(=NC)NCCS(=O)C(C)(C)C.I. The van der Waals surface area contributed by atoms with Crippen molar-refractivity contribution in [3.05, 3.63) is 0 Å². The zero-order chi connectivity index (χ0) is 17.2. The summed E-state index contributed by atoms with van der Waals surface area (Å²) < 4.78 is 11.9. The molecule has 0 aliphatic heterocycles. The molecular formula is C17H38IN3OS. The molecule has 0 radical (unpaired) electrons. The number of halogens is 1. The lowest BCUT2D eigenvalue weighted by atomic mass is 9.87. The van der Waals surface area contributed by atoms with Crippen molar-refractivity contribution in [1.82, 2.24) is 10.6 Å². The van der Waals surface area contributed by atoms with Gasteiger partial charge in [0.1, 0.15) is 0 Å². The lowest BCUT2D eigenvalue weighted by Crippen LogP contribution is -2.43. The Morgan fingerprint density at radius 1 is 1.09 bits per heavy atom. The highest BCUT2D eigenvalue weighted by molar-refractivity contribution is 14.0. The van der Waals surface area contributed by atoms with Crippen molar-refractivity contribution < 1.29 is 4.21 Å². The van der Waals surface area contributed by atoms with E-state index in [1.165, 1.54) is 25.7 Å². The normalized spacial score (nSPS) is 14.1. The average molecular weight is 459 g/mol. The minimum absolute atomic E-state index is 0. The van der Waals surface area contributed by atoms with Crippen LogP contribution < -0.4 is 10.6 Å². The van der Waals surface area contributed by atoms with Crippen LogP contribution >= 0.6 is 24.0 Å². The van der Waals surface area contributed by atoms with Gasteiger partial charge in [-0.2, -0.15) is 0 Å². The van der Waals surface area contributed by atoms with Crippen LogP contribution in [-0.2, 0) is 10.8 Å². The molecular weight excluding hydrogens is 421 g/mol. The number of aliphatic imine (C=N–C) groups is 1. The monoisotopic (exact) mass is 459 g/mol. The molecule has 4 nitrogen and oxygen atoms in total. The predicted octanol–water partition coefficient (Wildman–Crippen LogP) is 3.92. The van der Waals surface area contributed by atoms with Gasteiger partial charge in [0.2, 0.25) is 0 Å². The van der Waals surface area contributed by atoms with Gasteiger partial charge in [-0.05, 0) is 32.6 Å². The summed E-state index contributed by atoms with van der Waals surface area (Å²) in [4.78, 5) is 4.24. The summed E-state index contributed by atoms with van der Waals surface area (Å²) in [6.45, 7) is 14.4. The Balaban J connectivity index is 0. The number of rotatable bonds is 9. The number of nitrogens with one attached hydrogen (secondary N) is 2. The highest BCUT2D eigenvalue weighted by Crippen LogP contribution is 2.22. The van der Waals surface area contributed by atoms with E-state index in [0.29, 0.717) is 12.3 Å². The molecule has 0 saturated heterocycles. The van der Waals surface area contributed by atoms with Crippen molar-refractivity contribution in [3.63, 3.8) is 0 Å². The third-order valence-corrected chi connectivity index (χ3v) is 5.62. The van der Waals surface area contributed by atoms with Gasteiger partial charge < -0.3 is 10.6 Å². The maximum absolute atomic E-state index is 12.0. The molecule has 23 heavy (non-hydrogen) atoms. The molecule has 0 aliphatic rings. The lowest BCUT2D eigenvalue weighted by Gasteiger charge is -2.26. The van der Waals surface area contributed by atoms with Crippen LogP contribution in [0.3, 0.4) is 0 Å². The first-order valence-corrected chi connectivity index (χ1v) is 9.77. The Morgan fingerprint density at radius 3 is 2.17 bits per heavy atom. The van der Waals surface area contributed by atoms with Gasteiger partial charge in [0.05, 0.1) is 0 Å². The summed E-state index contributed by atoms with van der Waals surface area (Å²) in [6.07, 6.45) is 5.06. The number of hydrogen-bond acceptors (Lipinski definition) is 2. The molecule has 0 fully saturated rings.